The van der Waals surface area contributed by atoms with E-state index in [4.69, 9.17) is 4.74 Å². The Kier molecular flexibility index (Phi) is 4.83. The minimum Gasteiger partial charge on any atom is -0.497 e. The van der Waals surface area contributed by atoms with Crippen molar-refractivity contribution >= 4 is 26.6 Å². The molecular formula is C21H24N2O3S. The number of sulfonamides is 1. The fraction of sp³-hybridized carbons (Fsp3) is 0.333. The molecule has 0 saturated heterocycles. The van der Waals surface area contributed by atoms with Crippen LogP contribution in [0.4, 0.5) is 5.69 Å². The zero-order chi connectivity index (χ0) is 18.9. The first kappa shape index (κ1) is 17.9. The Balaban J connectivity index is 1.68. The molecule has 3 aromatic rings. The Morgan fingerprint density at radius 2 is 1.70 bits per heavy atom. The van der Waals surface area contributed by atoms with Gasteiger partial charge in [0.05, 0.1) is 12.0 Å². The summed E-state index contributed by atoms with van der Waals surface area (Å²) in [5.74, 6) is 0.685. The molecule has 0 bridgehead atoms. The third kappa shape index (κ3) is 3.67. The quantitative estimate of drug-likeness (QED) is 0.688. The molecule has 1 aromatic heterocycles. The summed E-state index contributed by atoms with van der Waals surface area (Å²) in [6, 6.07) is 12.2. The molecule has 0 amide bonds. The van der Waals surface area contributed by atoms with Gasteiger partial charge in [-0.1, -0.05) is 12.8 Å². The van der Waals surface area contributed by atoms with Crippen LogP contribution >= 0.6 is 0 Å². The molecule has 0 saturated carbocycles. The SMILES string of the molecule is COc1ccc(NS(=O)(=O)c2ccc3[nH]c4c(c3c2)CCCCCC4)cc1. The average Bonchev–Trinajstić information content (AvgIpc) is 2.98. The molecule has 2 N–H and O–H groups in total. The van der Waals surface area contributed by atoms with Crippen molar-refractivity contribution < 1.29 is 13.2 Å². The fourth-order valence-electron chi connectivity index (χ4n) is 3.78. The summed E-state index contributed by atoms with van der Waals surface area (Å²) in [7, 11) is -2.07. The van der Waals surface area contributed by atoms with E-state index in [0.717, 1.165) is 30.2 Å². The second-order valence-electron chi connectivity index (χ2n) is 7.04. The van der Waals surface area contributed by atoms with Gasteiger partial charge in [0.2, 0.25) is 0 Å². The molecule has 2 aromatic carbocycles. The van der Waals surface area contributed by atoms with Crippen molar-refractivity contribution in [1.29, 1.82) is 0 Å². The fourth-order valence-corrected chi connectivity index (χ4v) is 4.86. The first-order valence-electron chi connectivity index (χ1n) is 9.37. The maximum Gasteiger partial charge on any atom is 0.261 e. The zero-order valence-corrected chi connectivity index (χ0v) is 16.2. The number of aromatic amines is 1. The number of aromatic nitrogens is 1. The zero-order valence-electron chi connectivity index (χ0n) is 15.4. The number of ether oxygens (including phenoxy) is 1. The highest BCUT2D eigenvalue weighted by atomic mass is 32.2. The largest absolute Gasteiger partial charge is 0.497 e. The van der Waals surface area contributed by atoms with Gasteiger partial charge in [0, 0.05) is 22.3 Å². The molecule has 0 fully saturated rings. The number of anilines is 1. The van der Waals surface area contributed by atoms with E-state index in [1.165, 1.54) is 30.5 Å². The summed E-state index contributed by atoms with van der Waals surface area (Å²) in [4.78, 5) is 3.78. The molecule has 0 spiro atoms. The number of H-pyrrole nitrogens is 1. The van der Waals surface area contributed by atoms with E-state index in [0.29, 0.717) is 11.4 Å². The molecule has 142 valence electrons. The molecule has 1 heterocycles. The molecule has 1 aliphatic carbocycles. The molecule has 0 atom stereocenters. The van der Waals surface area contributed by atoms with Gasteiger partial charge in [-0.2, -0.15) is 0 Å². The van der Waals surface area contributed by atoms with E-state index < -0.39 is 10.0 Å². The number of hydrogen-bond donors (Lipinski definition) is 2. The van der Waals surface area contributed by atoms with Crippen LogP contribution in [-0.2, 0) is 22.9 Å². The van der Waals surface area contributed by atoms with Crippen molar-refractivity contribution in [3.8, 4) is 5.75 Å². The topological polar surface area (TPSA) is 71.2 Å². The van der Waals surface area contributed by atoms with E-state index >= 15 is 0 Å². The van der Waals surface area contributed by atoms with Crippen LogP contribution in [0.3, 0.4) is 0 Å². The maximum atomic E-state index is 12.9. The molecule has 0 unspecified atom stereocenters. The highest BCUT2D eigenvalue weighted by Crippen LogP contribution is 2.30. The van der Waals surface area contributed by atoms with Gasteiger partial charge < -0.3 is 9.72 Å². The third-order valence-corrected chi connectivity index (χ3v) is 6.60. The molecule has 5 nitrogen and oxygen atoms in total. The van der Waals surface area contributed by atoms with Crippen LogP contribution in [0, 0.1) is 0 Å². The number of fused-ring (bicyclic) bond motifs is 3. The van der Waals surface area contributed by atoms with Gasteiger partial charge in [-0.25, -0.2) is 8.42 Å². The van der Waals surface area contributed by atoms with Crippen LogP contribution in [-0.4, -0.2) is 20.5 Å². The minimum absolute atomic E-state index is 0.287. The number of hydrogen-bond acceptors (Lipinski definition) is 3. The summed E-state index contributed by atoms with van der Waals surface area (Å²) in [6.07, 6.45) is 6.88. The molecule has 0 aliphatic heterocycles. The minimum atomic E-state index is -3.65. The summed E-state index contributed by atoms with van der Waals surface area (Å²) in [5.41, 5.74) is 4.08. The lowest BCUT2D eigenvalue weighted by molar-refractivity contribution is 0.415. The van der Waals surface area contributed by atoms with E-state index in [1.807, 2.05) is 6.07 Å². The average molecular weight is 385 g/mol. The lowest BCUT2D eigenvalue weighted by Gasteiger charge is -2.11. The summed E-state index contributed by atoms with van der Waals surface area (Å²) in [6.45, 7) is 0. The Labute approximate surface area is 159 Å². The summed E-state index contributed by atoms with van der Waals surface area (Å²) < 4.78 is 33.5. The summed E-state index contributed by atoms with van der Waals surface area (Å²) in [5, 5.41) is 1.03. The van der Waals surface area contributed by atoms with Crippen molar-refractivity contribution in [1.82, 2.24) is 4.98 Å². The van der Waals surface area contributed by atoms with Gasteiger partial charge in [-0.15, -0.1) is 0 Å². The number of nitrogens with one attached hydrogen (secondary N) is 2. The normalized spacial score (nSPS) is 15.0. The van der Waals surface area contributed by atoms with Crippen molar-refractivity contribution in [2.24, 2.45) is 0 Å². The van der Waals surface area contributed by atoms with Crippen LogP contribution in [0.25, 0.3) is 10.9 Å². The van der Waals surface area contributed by atoms with Crippen molar-refractivity contribution in [3.05, 3.63) is 53.7 Å². The molecular weight excluding hydrogens is 360 g/mol. The molecule has 4 rings (SSSR count). The first-order valence-corrected chi connectivity index (χ1v) is 10.9. The van der Waals surface area contributed by atoms with Gasteiger partial charge in [-0.3, -0.25) is 4.72 Å². The predicted octanol–water partition coefficient (Wildman–Crippen LogP) is 4.64. The van der Waals surface area contributed by atoms with E-state index in [9.17, 15) is 8.42 Å². The van der Waals surface area contributed by atoms with Crippen LogP contribution in [0.15, 0.2) is 47.4 Å². The van der Waals surface area contributed by atoms with E-state index in [2.05, 4.69) is 9.71 Å². The Bertz CT molecular complexity index is 1050. The molecule has 27 heavy (non-hydrogen) atoms. The highest BCUT2D eigenvalue weighted by Gasteiger charge is 2.19. The first-order chi connectivity index (χ1) is 13.1. The van der Waals surface area contributed by atoms with Gasteiger partial charge in [0.15, 0.2) is 0 Å². The smallest absolute Gasteiger partial charge is 0.261 e. The van der Waals surface area contributed by atoms with E-state index in [1.54, 1.807) is 43.5 Å². The molecule has 0 radical (unpaired) electrons. The number of methoxy groups -OCH3 is 1. The highest BCUT2D eigenvalue weighted by molar-refractivity contribution is 7.92. The lowest BCUT2D eigenvalue weighted by atomic mass is 9.97. The number of rotatable bonds is 4. The van der Waals surface area contributed by atoms with Crippen LogP contribution in [0.5, 0.6) is 5.75 Å². The van der Waals surface area contributed by atoms with Crippen molar-refractivity contribution in [2.75, 3.05) is 11.8 Å². The second-order valence-corrected chi connectivity index (χ2v) is 8.72. The number of benzene rings is 2. The Morgan fingerprint density at radius 1 is 0.963 bits per heavy atom. The maximum absolute atomic E-state index is 12.9. The Hall–Kier alpha value is -2.47. The standard InChI is InChI=1S/C21H24N2O3S/c1-26-16-10-8-15(9-11-16)23-27(24,25)17-12-13-21-19(14-17)18-6-4-2-3-5-7-20(18)22-21/h8-14,22-23H,2-7H2,1H3. The number of aryl methyl sites for hydroxylation is 2. The van der Waals surface area contributed by atoms with Crippen LogP contribution in [0.2, 0.25) is 0 Å². The summed E-state index contributed by atoms with van der Waals surface area (Å²) >= 11 is 0. The van der Waals surface area contributed by atoms with Gasteiger partial charge in [0.25, 0.3) is 10.0 Å². The van der Waals surface area contributed by atoms with E-state index in [-0.39, 0.29) is 4.90 Å². The molecule has 6 heteroatoms. The molecule has 1 aliphatic rings. The lowest BCUT2D eigenvalue weighted by Crippen LogP contribution is -2.12. The third-order valence-electron chi connectivity index (χ3n) is 5.22. The second kappa shape index (κ2) is 7.27. The van der Waals surface area contributed by atoms with Crippen molar-refractivity contribution in [2.45, 2.75) is 43.4 Å². The predicted molar refractivity (Wildman–Crippen MR) is 108 cm³/mol. The Morgan fingerprint density at radius 3 is 2.44 bits per heavy atom. The van der Waals surface area contributed by atoms with Gasteiger partial charge in [0.1, 0.15) is 5.75 Å². The van der Waals surface area contributed by atoms with Crippen LogP contribution < -0.4 is 9.46 Å². The van der Waals surface area contributed by atoms with Gasteiger partial charge >= 0.3 is 0 Å². The van der Waals surface area contributed by atoms with Crippen LogP contribution in [0.1, 0.15) is 36.9 Å². The monoisotopic (exact) mass is 384 g/mol. The van der Waals surface area contributed by atoms with Gasteiger partial charge in [-0.05, 0) is 73.7 Å². The van der Waals surface area contributed by atoms with Crippen molar-refractivity contribution in [3.63, 3.8) is 0 Å².